The average Bonchev–Trinajstić information content (AvgIpc) is 1.62. The predicted molar refractivity (Wildman–Crippen MR) is 317 cm³/mol. The van der Waals surface area contributed by atoms with Crippen LogP contribution in [-0.4, -0.2) is 58.1 Å². The summed E-state index contributed by atoms with van der Waals surface area (Å²) in [5, 5.41) is 99.9. The first kappa shape index (κ1) is 76.3. The van der Waals surface area contributed by atoms with Crippen LogP contribution in [0.15, 0.2) is 169 Å². The predicted octanol–water partition coefficient (Wildman–Crippen LogP) is -10.5. The molecule has 0 N–H and O–H groups in total. The van der Waals surface area contributed by atoms with Crippen LogP contribution in [0.2, 0.25) is 0 Å². The van der Waals surface area contributed by atoms with Crippen LogP contribution in [0.5, 0.6) is 0 Å². The van der Waals surface area contributed by atoms with Gasteiger partial charge < -0.3 is 70.0 Å². The third kappa shape index (κ3) is 14.9. The summed E-state index contributed by atoms with van der Waals surface area (Å²) >= 11 is 0. The summed E-state index contributed by atoms with van der Waals surface area (Å²) < 4.78 is 0. The smallest absolute Gasteiger partial charge is 0.883 e. The molecule has 1 radical (unpaired) electrons. The molecular weight excluding hydrogens is 1250 g/mol. The second-order valence-corrected chi connectivity index (χ2v) is 22.6. The molecule has 92 heavy (non-hydrogen) atoms. The zero-order valence-corrected chi connectivity index (χ0v) is 60.7. The molecule has 0 fully saturated rings. The normalized spacial score (nSPS) is 20.2. The molecule has 16 bridgehead atoms. The number of carboxylic acid groups (broad SMARTS) is 4. The van der Waals surface area contributed by atoms with Crippen LogP contribution >= 0.6 is 0 Å². The van der Waals surface area contributed by atoms with Crippen LogP contribution in [0.25, 0.3) is 24.3 Å². The molecule has 0 spiro atoms. The van der Waals surface area contributed by atoms with Gasteiger partial charge >= 0.3 is 106 Å². The Balaban J connectivity index is 0.000000320. The molecule has 20 nitrogen and oxygen atoms in total. The Kier molecular flexibility index (Phi) is 25.8. The summed E-state index contributed by atoms with van der Waals surface area (Å²) in [5.41, 5.74) is 11.8. The minimum Gasteiger partial charge on any atom is -0.883 e. The van der Waals surface area contributed by atoms with Gasteiger partial charge in [-0.15, -0.1) is 21.4 Å². The van der Waals surface area contributed by atoms with E-state index in [1.165, 1.54) is 0 Å². The van der Waals surface area contributed by atoms with Gasteiger partial charge in [0.05, 0.1) is 57.0 Å². The number of hydrogen-bond donors (Lipinski definition) is 0. The van der Waals surface area contributed by atoms with E-state index in [0.29, 0.717) is 79.9 Å². The van der Waals surface area contributed by atoms with Crippen molar-refractivity contribution in [2.24, 2.45) is 53.6 Å². The monoisotopic (exact) mass is 1310 g/mol. The summed E-state index contributed by atoms with van der Waals surface area (Å²) in [6.07, 6.45) is 13.7. The van der Waals surface area contributed by atoms with Crippen molar-refractivity contribution < 1.29 is 166 Å². The van der Waals surface area contributed by atoms with Crippen molar-refractivity contribution in [2.45, 2.75) is 121 Å². The standard InChI is InChI=1S/2C34H36N4O6.Cu.3Na/c2*1-7-19-15(3)23-12-25-17(5)21(9-10-29(39)40)32(37-25)22(11-30(41)42)33-31(34(43)44)18(6)26(38-33)14-28-20(8-2)16(4)24(36-28)13-27(19)35-23;;;;/h2*7,12-14,17,21H,1,8-11H2,2-6H3,(H5,35,36,37,38,39,40,41,42,43,44);;;;/q;;+2;3*+1/p-10. The number of rotatable bonds is 14. The maximum Gasteiger partial charge on any atom is 2.00 e. The molecule has 24 heteroatoms. The third-order valence-corrected chi connectivity index (χ3v) is 17.5. The van der Waals surface area contributed by atoms with Crippen LogP contribution in [-0.2, 0) is 49.1 Å². The molecule has 10 heterocycles. The van der Waals surface area contributed by atoms with Crippen LogP contribution in [0.3, 0.4) is 0 Å². The quantitative estimate of drug-likeness (QED) is 0.125. The largest absolute Gasteiger partial charge is 2.00 e. The SMILES string of the molecule is C=CC1=C(C)C2=CC3=NC(=C(CC(=O)[O-])C4=NC(=C(C)C4=C([O-])[O-])C=c4[n-]c(c(C)c4CC)=CC1=N2)C(CCC(=O)[O-])C3C.C=CC1=C(C)C2=CC3=NC(=C(CC(=O)[O-])C4=NC(=C(C)C4=C([O-])[O-])C=c4[n-]c(c(C)c4CC)=CC1=N2)C(CCC(=O)[O-])C3C.[Cu+2].[Na+].[Na+].[Na+]. The number of allylic oxidation sites excluding steroid dienone is 16. The summed E-state index contributed by atoms with van der Waals surface area (Å²) in [6.45, 7) is 26.6. The fourth-order valence-corrected chi connectivity index (χ4v) is 12.7. The van der Waals surface area contributed by atoms with Crippen LogP contribution in [0.1, 0.15) is 116 Å². The molecule has 2 aromatic heterocycles. The zero-order valence-electron chi connectivity index (χ0n) is 53.8. The maximum absolute atomic E-state index is 12.5. The second-order valence-electron chi connectivity index (χ2n) is 22.6. The number of fused-ring (bicyclic) bond motifs is 10. The minimum absolute atomic E-state index is 0. The molecule has 0 saturated carbocycles. The van der Waals surface area contributed by atoms with E-state index < -0.39 is 60.4 Å². The Hall–Kier alpha value is -6.46. The van der Waals surface area contributed by atoms with E-state index in [4.69, 9.17) is 29.9 Å². The molecule has 8 aliphatic heterocycles. The van der Waals surface area contributed by atoms with Crippen molar-refractivity contribution in [1.29, 1.82) is 0 Å². The van der Waals surface area contributed by atoms with Crippen molar-refractivity contribution in [1.82, 2.24) is 9.97 Å². The van der Waals surface area contributed by atoms with Gasteiger partial charge in [0.2, 0.25) is 0 Å². The molecule has 0 aromatic carbocycles. The Labute approximate surface area is 609 Å². The summed E-state index contributed by atoms with van der Waals surface area (Å²) in [5.74, 6) is -10.4. The number of carbonyl (C=O) groups is 4. The Morgan fingerprint density at radius 1 is 0.489 bits per heavy atom. The minimum atomic E-state index is -1.52. The molecule has 4 unspecified atom stereocenters. The number of carbonyl (C=O) groups excluding carboxylic acids is 4. The topological polar surface area (TPSA) is 355 Å². The van der Waals surface area contributed by atoms with Gasteiger partial charge in [-0.1, -0.05) is 99.6 Å². The third-order valence-electron chi connectivity index (χ3n) is 17.5. The number of nitrogens with zero attached hydrogens (tertiary/aromatic N) is 8. The molecule has 8 aliphatic rings. The number of hydrogen-bond acceptors (Lipinski definition) is 18. The molecule has 2 aromatic rings. The Morgan fingerprint density at radius 2 is 0.837 bits per heavy atom. The van der Waals surface area contributed by atoms with Gasteiger partial charge in [-0.05, 0) is 126 Å². The van der Waals surface area contributed by atoms with E-state index in [2.05, 4.69) is 23.1 Å². The van der Waals surface area contributed by atoms with Crippen molar-refractivity contribution in [3.05, 3.63) is 183 Å². The van der Waals surface area contributed by atoms with E-state index in [9.17, 15) is 60.0 Å². The van der Waals surface area contributed by atoms with Gasteiger partial charge in [-0.25, -0.2) is 20.0 Å². The van der Waals surface area contributed by atoms with Gasteiger partial charge in [0.25, 0.3) is 0 Å². The van der Waals surface area contributed by atoms with E-state index in [1.54, 1.807) is 50.3 Å². The molecule has 465 valence electrons. The summed E-state index contributed by atoms with van der Waals surface area (Å²) in [7, 11) is 0. The van der Waals surface area contributed by atoms with Gasteiger partial charge in [0.15, 0.2) is 0 Å². The van der Waals surface area contributed by atoms with Crippen molar-refractivity contribution in [3.63, 3.8) is 0 Å². The summed E-state index contributed by atoms with van der Waals surface area (Å²) in [6, 6.07) is 0. The summed E-state index contributed by atoms with van der Waals surface area (Å²) in [4.78, 5) is 85.7. The molecule has 0 saturated heterocycles. The molecule has 4 atom stereocenters. The van der Waals surface area contributed by atoms with Crippen LogP contribution in [0.4, 0.5) is 0 Å². The zero-order chi connectivity index (χ0) is 64.1. The van der Waals surface area contributed by atoms with Crippen molar-refractivity contribution >= 4 is 82.5 Å². The van der Waals surface area contributed by atoms with E-state index in [-0.39, 0.29) is 200 Å². The maximum atomic E-state index is 12.5. The van der Waals surface area contributed by atoms with E-state index in [1.807, 2.05) is 67.5 Å². The van der Waals surface area contributed by atoms with Crippen molar-refractivity contribution in [3.8, 4) is 0 Å². The Morgan fingerprint density at radius 3 is 1.13 bits per heavy atom. The number of aromatic nitrogens is 2. The molecule has 0 amide bonds. The number of aliphatic carboxylic acids is 4. The van der Waals surface area contributed by atoms with Crippen LogP contribution in [0, 0.1) is 37.5 Å². The van der Waals surface area contributed by atoms with Gasteiger partial charge in [0.1, 0.15) is 0 Å². The first-order chi connectivity index (χ1) is 41.7. The Bertz CT molecular complexity index is 4100. The van der Waals surface area contributed by atoms with Gasteiger partial charge in [0, 0.05) is 94.1 Å². The van der Waals surface area contributed by atoms with Crippen LogP contribution < -0.4 is 161 Å². The van der Waals surface area contributed by atoms with Gasteiger partial charge in [-0.2, -0.15) is 11.9 Å². The molecular formula is C68H62CuN8Na3O12-5. The molecule has 10 rings (SSSR count). The van der Waals surface area contributed by atoms with Crippen molar-refractivity contribution in [2.75, 3.05) is 0 Å². The molecule has 0 aliphatic carbocycles. The average molecular weight is 1320 g/mol. The van der Waals surface area contributed by atoms with E-state index in [0.717, 1.165) is 44.5 Å². The fraction of sp³-hybridized carbons (Fsp3) is 0.324. The number of carboxylic acids is 4. The first-order valence-electron chi connectivity index (χ1n) is 28.9. The second kappa shape index (κ2) is 31.2. The first-order valence-corrected chi connectivity index (χ1v) is 28.9. The number of aliphatic imine (C=N–C) groups is 6. The van der Waals surface area contributed by atoms with Gasteiger partial charge in [-0.3, -0.25) is 9.98 Å². The fourth-order valence-electron chi connectivity index (χ4n) is 12.7. The van der Waals surface area contributed by atoms with E-state index >= 15 is 0 Å².